The Morgan fingerprint density at radius 3 is 2.41 bits per heavy atom. The highest BCUT2D eigenvalue weighted by Gasteiger charge is 2.34. The first kappa shape index (κ1) is 23.6. The van der Waals surface area contributed by atoms with E-state index in [9.17, 15) is 18.0 Å². The molecule has 2 aromatic rings. The lowest BCUT2D eigenvalue weighted by atomic mass is 9.89. The molecular weight excluding hydrogens is 417 g/mol. The molecule has 1 fully saturated rings. The summed E-state index contributed by atoms with van der Waals surface area (Å²) in [5, 5.41) is 12.0. The van der Waals surface area contributed by atoms with Crippen molar-refractivity contribution in [1.82, 2.24) is 10.3 Å². The molecule has 1 heterocycles. The maximum atomic E-state index is 13.3. The summed E-state index contributed by atoms with van der Waals surface area (Å²) in [6, 6.07) is 9.14. The van der Waals surface area contributed by atoms with Crippen LogP contribution in [0.4, 0.5) is 18.9 Å². The molecule has 0 unspecified atom stereocenters. The maximum absolute atomic E-state index is 13.3. The van der Waals surface area contributed by atoms with E-state index in [1.165, 1.54) is 6.07 Å². The van der Waals surface area contributed by atoms with Crippen molar-refractivity contribution in [3.8, 4) is 6.07 Å². The average Bonchev–Trinajstić information content (AvgIpc) is 2.78. The second kappa shape index (κ2) is 9.60. The molecule has 0 aliphatic heterocycles. The van der Waals surface area contributed by atoms with Gasteiger partial charge in [0.25, 0.3) is 5.91 Å². The van der Waals surface area contributed by atoms with Gasteiger partial charge in [-0.3, -0.25) is 9.78 Å². The molecule has 0 atom stereocenters. The van der Waals surface area contributed by atoms with E-state index in [2.05, 4.69) is 10.3 Å². The molecule has 3 rings (SSSR count). The summed E-state index contributed by atoms with van der Waals surface area (Å²) in [7, 11) is 1.77. The minimum Gasteiger partial charge on any atom is -0.372 e. The van der Waals surface area contributed by atoms with Crippen molar-refractivity contribution in [3.05, 3.63) is 58.9 Å². The van der Waals surface area contributed by atoms with E-state index in [1.807, 2.05) is 24.8 Å². The van der Waals surface area contributed by atoms with E-state index in [-0.39, 0.29) is 23.6 Å². The second-order valence-electron chi connectivity index (χ2n) is 8.56. The van der Waals surface area contributed by atoms with Crippen LogP contribution in [-0.2, 0) is 6.18 Å². The third kappa shape index (κ3) is 5.39. The van der Waals surface area contributed by atoms with Gasteiger partial charge in [-0.1, -0.05) is 13.8 Å². The lowest BCUT2D eigenvalue weighted by molar-refractivity contribution is -0.137. The Morgan fingerprint density at radius 2 is 1.88 bits per heavy atom. The average molecular weight is 445 g/mol. The number of pyridine rings is 1. The fraction of sp³-hybridized carbons (Fsp3) is 0.458. The smallest absolute Gasteiger partial charge is 0.372 e. The van der Waals surface area contributed by atoms with Crippen LogP contribution in [0.1, 0.15) is 72.6 Å². The molecule has 1 aromatic carbocycles. The number of nitrogens with zero attached hydrogens (tertiary/aromatic N) is 3. The van der Waals surface area contributed by atoms with Crippen LogP contribution in [0.2, 0.25) is 0 Å². The number of alkyl halides is 3. The van der Waals surface area contributed by atoms with Gasteiger partial charge in [-0.15, -0.1) is 0 Å². The zero-order valence-electron chi connectivity index (χ0n) is 18.4. The minimum absolute atomic E-state index is 0.0172. The number of halogens is 3. The van der Waals surface area contributed by atoms with Gasteiger partial charge in [-0.05, 0) is 61.9 Å². The topological polar surface area (TPSA) is 69.0 Å². The number of nitriles is 1. The molecule has 0 radical (unpaired) electrons. The summed E-state index contributed by atoms with van der Waals surface area (Å²) in [5.41, 5.74) is 0.590. The van der Waals surface area contributed by atoms with Crippen molar-refractivity contribution < 1.29 is 18.0 Å². The molecule has 8 heteroatoms. The van der Waals surface area contributed by atoms with Crippen molar-refractivity contribution in [2.45, 2.75) is 63.7 Å². The Labute approximate surface area is 186 Å². The summed E-state index contributed by atoms with van der Waals surface area (Å²) < 4.78 is 39.8. The maximum Gasteiger partial charge on any atom is 0.417 e. The van der Waals surface area contributed by atoms with E-state index in [0.717, 1.165) is 37.4 Å². The Bertz CT molecular complexity index is 988. The standard InChI is InChI=1S/C24H27F3N4O/c1-15(2)22-11-5-17(14-29-22)23(32)30-18-6-9-19(10-7-18)31(3)20-8-4-16(13-28)21(12-20)24(25,26)27/h4-5,8,11-12,14-15,18-19H,6-7,9-10H2,1-3H3,(H,30,32). The van der Waals surface area contributed by atoms with Gasteiger partial charge in [-0.25, -0.2) is 0 Å². The van der Waals surface area contributed by atoms with Gasteiger partial charge in [0.2, 0.25) is 0 Å². The number of rotatable bonds is 5. The molecule has 0 spiro atoms. The number of nitrogens with one attached hydrogen (secondary N) is 1. The number of aromatic nitrogens is 1. The Balaban J connectivity index is 1.59. The van der Waals surface area contributed by atoms with E-state index in [0.29, 0.717) is 17.2 Å². The highest BCUT2D eigenvalue weighted by Crippen LogP contribution is 2.35. The van der Waals surface area contributed by atoms with Crippen molar-refractivity contribution in [2.75, 3.05) is 11.9 Å². The van der Waals surface area contributed by atoms with Gasteiger partial charge in [0.05, 0.1) is 22.8 Å². The first-order valence-electron chi connectivity index (χ1n) is 10.7. The molecule has 170 valence electrons. The van der Waals surface area contributed by atoms with Crippen molar-refractivity contribution >= 4 is 11.6 Å². The predicted octanol–water partition coefficient (Wildman–Crippen LogP) is 5.27. The highest BCUT2D eigenvalue weighted by atomic mass is 19.4. The molecule has 1 N–H and O–H groups in total. The first-order chi connectivity index (χ1) is 15.1. The number of amides is 1. The SMILES string of the molecule is CC(C)c1ccc(C(=O)NC2CCC(N(C)c3ccc(C#N)c(C(F)(F)F)c3)CC2)cn1. The van der Waals surface area contributed by atoms with Crippen molar-refractivity contribution in [1.29, 1.82) is 5.26 Å². The van der Waals surface area contributed by atoms with E-state index < -0.39 is 11.7 Å². The van der Waals surface area contributed by atoms with Gasteiger partial charge in [0.15, 0.2) is 0 Å². The minimum atomic E-state index is -4.58. The highest BCUT2D eigenvalue weighted by molar-refractivity contribution is 5.94. The largest absolute Gasteiger partial charge is 0.417 e. The molecule has 32 heavy (non-hydrogen) atoms. The quantitative estimate of drug-likeness (QED) is 0.682. The van der Waals surface area contributed by atoms with Gasteiger partial charge < -0.3 is 10.2 Å². The third-order valence-electron chi connectivity index (χ3n) is 6.06. The molecule has 0 bridgehead atoms. The summed E-state index contributed by atoms with van der Waals surface area (Å²) in [5.74, 6) is 0.134. The summed E-state index contributed by atoms with van der Waals surface area (Å²) in [4.78, 5) is 18.7. The predicted molar refractivity (Wildman–Crippen MR) is 116 cm³/mol. The third-order valence-corrected chi connectivity index (χ3v) is 6.06. The van der Waals surface area contributed by atoms with Crippen molar-refractivity contribution in [3.63, 3.8) is 0 Å². The lowest BCUT2D eigenvalue weighted by Crippen LogP contribution is -2.43. The van der Waals surface area contributed by atoms with Crippen LogP contribution in [0.5, 0.6) is 0 Å². The van der Waals surface area contributed by atoms with E-state index in [1.54, 1.807) is 31.4 Å². The number of carbonyl (C=O) groups is 1. The summed E-state index contributed by atoms with van der Waals surface area (Å²) >= 11 is 0. The van der Waals surface area contributed by atoms with E-state index in [4.69, 9.17) is 5.26 Å². The normalized spacial score (nSPS) is 18.8. The van der Waals surface area contributed by atoms with Crippen LogP contribution < -0.4 is 10.2 Å². The van der Waals surface area contributed by atoms with Crippen LogP contribution in [0.3, 0.4) is 0 Å². The first-order valence-corrected chi connectivity index (χ1v) is 10.7. The Morgan fingerprint density at radius 1 is 1.19 bits per heavy atom. The number of benzene rings is 1. The molecule has 1 saturated carbocycles. The number of carbonyl (C=O) groups excluding carboxylic acids is 1. The summed E-state index contributed by atoms with van der Waals surface area (Å²) in [6.07, 6.45) is -0.0265. The second-order valence-corrected chi connectivity index (χ2v) is 8.56. The number of hydrogen-bond donors (Lipinski definition) is 1. The van der Waals surface area contributed by atoms with Crippen LogP contribution >= 0.6 is 0 Å². The molecule has 1 amide bonds. The lowest BCUT2D eigenvalue weighted by Gasteiger charge is -2.36. The van der Waals surface area contributed by atoms with Gasteiger partial charge >= 0.3 is 6.18 Å². The fourth-order valence-electron chi connectivity index (χ4n) is 4.05. The monoisotopic (exact) mass is 444 g/mol. The molecule has 5 nitrogen and oxygen atoms in total. The van der Waals surface area contributed by atoms with Crippen LogP contribution in [0.25, 0.3) is 0 Å². The van der Waals surface area contributed by atoms with Gasteiger partial charge in [-0.2, -0.15) is 18.4 Å². The molecule has 1 aliphatic carbocycles. The Hall–Kier alpha value is -3.08. The summed E-state index contributed by atoms with van der Waals surface area (Å²) in [6.45, 7) is 4.08. The number of anilines is 1. The molecular formula is C24H27F3N4O. The van der Waals surface area contributed by atoms with Gasteiger partial charge in [0.1, 0.15) is 0 Å². The molecule has 1 aromatic heterocycles. The van der Waals surface area contributed by atoms with E-state index >= 15 is 0 Å². The molecule has 1 aliphatic rings. The zero-order chi connectivity index (χ0) is 23.5. The van der Waals surface area contributed by atoms with Crippen LogP contribution in [-0.4, -0.2) is 30.0 Å². The van der Waals surface area contributed by atoms with Crippen LogP contribution in [0.15, 0.2) is 36.5 Å². The van der Waals surface area contributed by atoms with Crippen molar-refractivity contribution in [2.24, 2.45) is 0 Å². The molecule has 0 saturated heterocycles. The van der Waals surface area contributed by atoms with Crippen LogP contribution in [0, 0.1) is 11.3 Å². The Kier molecular flexibility index (Phi) is 7.07. The zero-order valence-corrected chi connectivity index (χ0v) is 18.4. The fourth-order valence-corrected chi connectivity index (χ4v) is 4.05. The number of hydrogen-bond acceptors (Lipinski definition) is 4. The van der Waals surface area contributed by atoms with Gasteiger partial charge in [0, 0.05) is 36.7 Å².